The molecule has 0 saturated carbocycles. The van der Waals surface area contributed by atoms with E-state index in [0.29, 0.717) is 10.9 Å². The maximum Gasteiger partial charge on any atom is 0.193 e. The third kappa shape index (κ3) is 6.07. The summed E-state index contributed by atoms with van der Waals surface area (Å²) in [6.45, 7) is 5.36. The molecular formula is C17H24ClIN4OS2. The molecule has 2 aromatic heterocycles. The van der Waals surface area contributed by atoms with Crippen molar-refractivity contribution in [3.63, 3.8) is 0 Å². The summed E-state index contributed by atoms with van der Waals surface area (Å²) in [6.07, 6.45) is -0.575. The molecule has 0 aromatic carbocycles. The SMILES string of the molecule is CN=C(NCC(O)c1ccc(Cl)s1)N1CCN(Cc2cccs2)CC1.I. The van der Waals surface area contributed by atoms with Gasteiger partial charge in [-0.15, -0.1) is 46.7 Å². The Morgan fingerprint density at radius 1 is 1.31 bits per heavy atom. The van der Waals surface area contributed by atoms with E-state index in [2.05, 4.69) is 37.6 Å². The van der Waals surface area contributed by atoms with Gasteiger partial charge in [0.25, 0.3) is 0 Å². The van der Waals surface area contributed by atoms with Gasteiger partial charge in [0.15, 0.2) is 5.96 Å². The quantitative estimate of drug-likeness (QED) is 0.356. The van der Waals surface area contributed by atoms with Crippen molar-refractivity contribution in [2.75, 3.05) is 39.8 Å². The number of hydrogen-bond acceptors (Lipinski definition) is 5. The Bertz CT molecular complexity index is 687. The van der Waals surface area contributed by atoms with Gasteiger partial charge in [-0.1, -0.05) is 17.7 Å². The van der Waals surface area contributed by atoms with E-state index in [-0.39, 0.29) is 24.0 Å². The highest BCUT2D eigenvalue weighted by Crippen LogP contribution is 2.26. The number of aliphatic hydroxyl groups excluding tert-OH is 1. The van der Waals surface area contributed by atoms with Crippen molar-refractivity contribution in [1.29, 1.82) is 0 Å². The Labute approximate surface area is 184 Å². The second-order valence-electron chi connectivity index (χ2n) is 5.93. The molecule has 5 nitrogen and oxygen atoms in total. The molecule has 9 heteroatoms. The molecule has 0 spiro atoms. The second kappa shape index (κ2) is 10.8. The number of thiophene rings is 2. The van der Waals surface area contributed by atoms with Crippen molar-refractivity contribution in [1.82, 2.24) is 15.1 Å². The summed E-state index contributed by atoms with van der Waals surface area (Å²) in [5.41, 5.74) is 0. The van der Waals surface area contributed by atoms with Crippen LogP contribution in [0, 0.1) is 0 Å². The lowest BCUT2D eigenvalue weighted by Gasteiger charge is -2.36. The largest absolute Gasteiger partial charge is 0.386 e. The fourth-order valence-corrected chi connectivity index (χ4v) is 4.66. The molecule has 3 heterocycles. The van der Waals surface area contributed by atoms with Gasteiger partial charge in [0, 0.05) is 56.1 Å². The summed E-state index contributed by atoms with van der Waals surface area (Å²) in [7, 11) is 1.79. The first-order valence-corrected chi connectivity index (χ1v) is 10.4. The highest BCUT2D eigenvalue weighted by Gasteiger charge is 2.20. The minimum absolute atomic E-state index is 0. The molecule has 0 amide bonds. The lowest BCUT2D eigenvalue weighted by atomic mass is 10.3. The summed E-state index contributed by atoms with van der Waals surface area (Å²) in [6, 6.07) is 7.97. The first-order valence-electron chi connectivity index (χ1n) is 8.29. The number of nitrogens with zero attached hydrogens (tertiary/aromatic N) is 3. The average molecular weight is 527 g/mol. The second-order valence-corrected chi connectivity index (χ2v) is 8.71. The van der Waals surface area contributed by atoms with Crippen LogP contribution in [-0.2, 0) is 6.54 Å². The van der Waals surface area contributed by atoms with Crippen LogP contribution in [0.5, 0.6) is 0 Å². The maximum atomic E-state index is 10.3. The summed E-state index contributed by atoms with van der Waals surface area (Å²) in [5, 5.41) is 15.7. The van der Waals surface area contributed by atoms with E-state index in [9.17, 15) is 5.11 Å². The molecule has 0 aliphatic carbocycles. The predicted octanol–water partition coefficient (Wildman–Crippen LogP) is 3.51. The molecule has 1 atom stereocenters. The van der Waals surface area contributed by atoms with Gasteiger partial charge in [0.05, 0.1) is 4.34 Å². The third-order valence-corrected chi connectivity index (χ3v) is 6.41. The Morgan fingerprint density at radius 3 is 2.65 bits per heavy atom. The van der Waals surface area contributed by atoms with Crippen LogP contribution in [0.4, 0.5) is 0 Å². The molecule has 2 N–H and O–H groups in total. The van der Waals surface area contributed by atoms with Crippen LogP contribution in [0.15, 0.2) is 34.6 Å². The molecular weight excluding hydrogens is 503 g/mol. The highest BCUT2D eigenvalue weighted by molar-refractivity contribution is 14.0. The van der Waals surface area contributed by atoms with Gasteiger partial charge in [-0.2, -0.15) is 0 Å². The topological polar surface area (TPSA) is 51.1 Å². The zero-order valence-electron chi connectivity index (χ0n) is 14.6. The normalized spacial score (nSPS) is 17.0. The monoisotopic (exact) mass is 526 g/mol. The zero-order chi connectivity index (χ0) is 17.6. The Hall–Kier alpha value is -0.390. The van der Waals surface area contributed by atoms with Crippen LogP contribution < -0.4 is 5.32 Å². The van der Waals surface area contributed by atoms with Crippen LogP contribution in [0.2, 0.25) is 4.34 Å². The summed E-state index contributed by atoms with van der Waals surface area (Å²) < 4.78 is 0.695. The fraction of sp³-hybridized carbons (Fsp3) is 0.471. The summed E-state index contributed by atoms with van der Waals surface area (Å²) >= 11 is 9.15. The zero-order valence-corrected chi connectivity index (χ0v) is 19.3. The number of piperazine rings is 1. The minimum atomic E-state index is -0.575. The fourth-order valence-electron chi connectivity index (χ4n) is 2.87. The van der Waals surface area contributed by atoms with E-state index in [0.717, 1.165) is 43.6 Å². The van der Waals surface area contributed by atoms with E-state index in [1.807, 2.05) is 23.5 Å². The number of aliphatic hydroxyl groups is 1. The molecule has 0 radical (unpaired) electrons. The first kappa shape index (κ1) is 21.9. The van der Waals surface area contributed by atoms with Crippen molar-refractivity contribution in [3.8, 4) is 0 Å². The van der Waals surface area contributed by atoms with Crippen LogP contribution in [0.1, 0.15) is 15.9 Å². The maximum absolute atomic E-state index is 10.3. The Morgan fingerprint density at radius 2 is 2.08 bits per heavy atom. The highest BCUT2D eigenvalue weighted by atomic mass is 127. The number of guanidine groups is 1. The molecule has 3 rings (SSSR count). The van der Waals surface area contributed by atoms with Gasteiger partial charge in [-0.05, 0) is 23.6 Å². The third-order valence-electron chi connectivity index (χ3n) is 4.22. The van der Waals surface area contributed by atoms with Gasteiger partial charge >= 0.3 is 0 Å². The van der Waals surface area contributed by atoms with Gasteiger partial charge in [0.1, 0.15) is 6.10 Å². The number of halogens is 2. The van der Waals surface area contributed by atoms with Crippen LogP contribution >= 0.6 is 58.3 Å². The number of rotatable bonds is 5. The average Bonchev–Trinajstić information content (AvgIpc) is 3.28. The number of aliphatic imine (C=N–C) groups is 1. The van der Waals surface area contributed by atoms with Crippen molar-refractivity contribution in [3.05, 3.63) is 43.7 Å². The molecule has 1 aliphatic rings. The summed E-state index contributed by atoms with van der Waals surface area (Å²) in [5.74, 6) is 0.845. The van der Waals surface area contributed by atoms with E-state index in [1.54, 1.807) is 7.05 Å². The van der Waals surface area contributed by atoms with E-state index in [1.165, 1.54) is 16.2 Å². The van der Waals surface area contributed by atoms with E-state index >= 15 is 0 Å². The first-order chi connectivity index (χ1) is 12.2. The lowest BCUT2D eigenvalue weighted by Crippen LogP contribution is -2.52. The molecule has 144 valence electrons. The van der Waals surface area contributed by atoms with Crippen LogP contribution in [0.25, 0.3) is 0 Å². The lowest BCUT2D eigenvalue weighted by molar-refractivity contribution is 0.166. The molecule has 0 bridgehead atoms. The smallest absolute Gasteiger partial charge is 0.193 e. The Kier molecular flexibility index (Phi) is 9.11. The minimum Gasteiger partial charge on any atom is -0.386 e. The standard InChI is InChI=1S/C17H23ClN4OS2.HI/c1-19-17(20-11-14(23)15-4-5-16(18)25-15)22-8-6-21(7-9-22)12-13-3-2-10-24-13;/h2-5,10,14,23H,6-9,11-12H2,1H3,(H,19,20);1H. The number of hydrogen-bond donors (Lipinski definition) is 2. The van der Waals surface area contributed by atoms with Crippen molar-refractivity contribution in [2.24, 2.45) is 4.99 Å². The van der Waals surface area contributed by atoms with Crippen molar-refractivity contribution in [2.45, 2.75) is 12.6 Å². The predicted molar refractivity (Wildman–Crippen MR) is 122 cm³/mol. The molecule has 1 saturated heterocycles. The van der Waals surface area contributed by atoms with Crippen molar-refractivity contribution < 1.29 is 5.11 Å². The van der Waals surface area contributed by atoms with E-state index < -0.39 is 6.10 Å². The van der Waals surface area contributed by atoms with Gasteiger partial charge < -0.3 is 15.3 Å². The van der Waals surface area contributed by atoms with Gasteiger partial charge in [0.2, 0.25) is 0 Å². The molecule has 1 fully saturated rings. The molecule has 1 unspecified atom stereocenters. The van der Waals surface area contributed by atoms with Crippen molar-refractivity contribution >= 4 is 64.2 Å². The van der Waals surface area contributed by atoms with Crippen LogP contribution in [0.3, 0.4) is 0 Å². The van der Waals surface area contributed by atoms with Gasteiger partial charge in [-0.3, -0.25) is 9.89 Å². The molecule has 26 heavy (non-hydrogen) atoms. The Balaban J connectivity index is 0.00000243. The molecule has 2 aromatic rings. The van der Waals surface area contributed by atoms with E-state index in [4.69, 9.17) is 11.6 Å². The summed E-state index contributed by atoms with van der Waals surface area (Å²) in [4.78, 5) is 11.4. The molecule has 1 aliphatic heterocycles. The van der Waals surface area contributed by atoms with Gasteiger partial charge in [-0.25, -0.2) is 0 Å². The number of nitrogens with one attached hydrogen (secondary N) is 1. The van der Waals surface area contributed by atoms with Crippen LogP contribution in [-0.4, -0.2) is 60.6 Å².